The van der Waals surface area contributed by atoms with Crippen LogP contribution in [0.2, 0.25) is 0 Å². The molecule has 0 amide bonds. The molecule has 0 saturated carbocycles. The van der Waals surface area contributed by atoms with E-state index in [1.54, 1.807) is 0 Å². The molecular formula is C71H58N2O2. The maximum absolute atomic E-state index is 12.7. The van der Waals surface area contributed by atoms with Crippen molar-refractivity contribution in [3.63, 3.8) is 0 Å². The number of fused-ring (bicyclic) bond motifs is 3. The molecule has 75 heavy (non-hydrogen) atoms. The molecular weight excluding hydrogens is 913 g/mol. The monoisotopic (exact) mass is 970 g/mol. The SMILES string of the molecule is CCC1=C(c2cccc3c2oc2c(N(c4cccc(C)c4)c4ccc5ccc6c(N(c7cccc(C)c7)c7cccc(-c8cccc(-c9ccccc9CC)c8)c7O)ccc7ccc4c5c76)cccc23)CC(C)C=C1. The zero-order valence-corrected chi connectivity index (χ0v) is 43.2. The quantitative estimate of drug-likeness (QED) is 0.131. The Hall–Kier alpha value is -8.86. The van der Waals surface area contributed by atoms with Crippen LogP contribution in [0.4, 0.5) is 34.1 Å². The molecule has 0 aliphatic heterocycles. The summed E-state index contributed by atoms with van der Waals surface area (Å²) in [5, 5.41) is 21.8. The molecule has 11 aromatic carbocycles. The Labute approximate surface area is 439 Å². The van der Waals surface area contributed by atoms with Crippen LogP contribution in [0, 0.1) is 19.8 Å². The number of phenolic OH excluding ortho intramolecular Hbond substituents is 1. The van der Waals surface area contributed by atoms with Gasteiger partial charge in [0, 0.05) is 44.0 Å². The van der Waals surface area contributed by atoms with Gasteiger partial charge in [0.25, 0.3) is 0 Å². The number of para-hydroxylation sites is 3. The molecule has 12 aromatic rings. The number of phenols is 1. The molecule has 0 bridgehead atoms. The summed E-state index contributed by atoms with van der Waals surface area (Å²) < 4.78 is 7.27. The van der Waals surface area contributed by atoms with Crippen molar-refractivity contribution in [2.75, 3.05) is 9.80 Å². The van der Waals surface area contributed by atoms with Crippen LogP contribution >= 0.6 is 0 Å². The van der Waals surface area contributed by atoms with Crippen molar-refractivity contribution in [3.05, 3.63) is 240 Å². The van der Waals surface area contributed by atoms with Crippen LogP contribution in [0.15, 0.2) is 222 Å². The number of rotatable bonds is 11. The van der Waals surface area contributed by atoms with Crippen molar-refractivity contribution in [2.24, 2.45) is 5.92 Å². The molecule has 364 valence electrons. The summed E-state index contributed by atoms with van der Waals surface area (Å²) in [5.74, 6) is 0.682. The predicted molar refractivity (Wildman–Crippen MR) is 318 cm³/mol. The maximum atomic E-state index is 12.7. The molecule has 1 aromatic heterocycles. The van der Waals surface area contributed by atoms with E-state index in [0.29, 0.717) is 11.6 Å². The number of anilines is 6. The van der Waals surface area contributed by atoms with E-state index in [2.05, 4.69) is 245 Å². The van der Waals surface area contributed by atoms with Crippen LogP contribution < -0.4 is 9.80 Å². The molecule has 0 fully saturated rings. The first kappa shape index (κ1) is 46.0. The molecule has 1 unspecified atom stereocenters. The van der Waals surface area contributed by atoms with Crippen molar-refractivity contribution < 1.29 is 9.52 Å². The molecule has 1 N–H and O–H groups in total. The Bertz CT molecular complexity index is 4270. The lowest BCUT2D eigenvalue weighted by Crippen LogP contribution is -2.12. The number of hydrogen-bond donors (Lipinski definition) is 1. The fourth-order valence-corrected chi connectivity index (χ4v) is 12.2. The van der Waals surface area contributed by atoms with Crippen molar-refractivity contribution >= 4 is 94.0 Å². The van der Waals surface area contributed by atoms with Gasteiger partial charge in [0.05, 0.1) is 22.7 Å². The Balaban J connectivity index is 1.01. The van der Waals surface area contributed by atoms with Crippen molar-refractivity contribution in [1.29, 1.82) is 0 Å². The largest absolute Gasteiger partial charge is 0.505 e. The zero-order valence-electron chi connectivity index (χ0n) is 43.2. The van der Waals surface area contributed by atoms with Gasteiger partial charge in [0.2, 0.25) is 0 Å². The highest BCUT2D eigenvalue weighted by molar-refractivity contribution is 6.28. The second kappa shape index (κ2) is 18.6. The van der Waals surface area contributed by atoms with E-state index in [1.165, 1.54) is 44.2 Å². The van der Waals surface area contributed by atoms with Crippen LogP contribution in [0.1, 0.15) is 55.9 Å². The zero-order chi connectivity index (χ0) is 50.9. The Morgan fingerprint density at radius 1 is 0.480 bits per heavy atom. The summed E-state index contributed by atoms with van der Waals surface area (Å²) in [7, 11) is 0. The summed E-state index contributed by atoms with van der Waals surface area (Å²) in [4.78, 5) is 4.65. The Morgan fingerprint density at radius 3 is 1.69 bits per heavy atom. The van der Waals surface area contributed by atoms with E-state index in [0.717, 1.165) is 113 Å². The van der Waals surface area contributed by atoms with E-state index >= 15 is 0 Å². The van der Waals surface area contributed by atoms with Crippen LogP contribution in [-0.4, -0.2) is 5.11 Å². The normalized spacial score (nSPS) is 13.8. The van der Waals surface area contributed by atoms with Gasteiger partial charge in [-0.1, -0.05) is 179 Å². The molecule has 1 heterocycles. The molecule has 1 aliphatic carbocycles. The fraction of sp³-hybridized carbons (Fsp3) is 0.127. The fourth-order valence-electron chi connectivity index (χ4n) is 12.2. The van der Waals surface area contributed by atoms with Gasteiger partial charge < -0.3 is 19.3 Å². The number of allylic oxidation sites excluding steroid dienone is 4. The summed E-state index contributed by atoms with van der Waals surface area (Å²) in [6, 6.07) is 72.1. The van der Waals surface area contributed by atoms with Gasteiger partial charge in [-0.05, 0) is 160 Å². The summed E-state index contributed by atoms with van der Waals surface area (Å²) in [5.41, 5.74) is 19.2. The van der Waals surface area contributed by atoms with Gasteiger partial charge in [-0.2, -0.15) is 0 Å². The van der Waals surface area contributed by atoms with E-state index in [4.69, 9.17) is 4.42 Å². The van der Waals surface area contributed by atoms with Crippen LogP contribution in [0.5, 0.6) is 5.75 Å². The second-order valence-corrected chi connectivity index (χ2v) is 20.5. The standard InChI is InChI=1S/C71H58N2O2/c1-6-47-18-8-9-23-55(47)51-19-12-20-52(43-51)56-24-14-28-65(69(56)74)72(53-21-10-16-44(3)40-53)63-38-34-49-33-37-61-64(39-35-50-32-36-60(63)67(49)68(50)61)73(54-22-11-17-45(4)41-54)66-29-15-27-58-57-25-13-26-59(70(57)75-71(58)66)62-42-46(5)30-31-48(62)7-2/h8-41,43,46,74H,6-7,42H2,1-5H3. The third kappa shape index (κ3) is 7.74. The third-order valence-corrected chi connectivity index (χ3v) is 15.7. The Morgan fingerprint density at radius 2 is 1.03 bits per heavy atom. The number of nitrogens with zero attached hydrogens (tertiary/aromatic N) is 2. The second-order valence-electron chi connectivity index (χ2n) is 20.5. The third-order valence-electron chi connectivity index (χ3n) is 15.7. The van der Waals surface area contributed by atoms with Gasteiger partial charge in [-0.3, -0.25) is 0 Å². The highest BCUT2D eigenvalue weighted by Crippen LogP contribution is 2.52. The number of furan rings is 1. The molecule has 4 nitrogen and oxygen atoms in total. The van der Waals surface area contributed by atoms with Gasteiger partial charge >= 0.3 is 0 Å². The number of benzene rings is 11. The van der Waals surface area contributed by atoms with E-state index in [-0.39, 0.29) is 5.75 Å². The smallest absolute Gasteiger partial charge is 0.159 e. The van der Waals surface area contributed by atoms with Gasteiger partial charge in [0.15, 0.2) is 5.58 Å². The minimum atomic E-state index is 0.223. The lowest BCUT2D eigenvalue weighted by atomic mass is 9.85. The minimum Gasteiger partial charge on any atom is -0.505 e. The molecule has 0 saturated heterocycles. The van der Waals surface area contributed by atoms with E-state index < -0.39 is 0 Å². The van der Waals surface area contributed by atoms with Crippen molar-refractivity contribution in [3.8, 4) is 28.0 Å². The number of hydrogen-bond acceptors (Lipinski definition) is 4. The first-order valence-corrected chi connectivity index (χ1v) is 26.6. The topological polar surface area (TPSA) is 39.9 Å². The van der Waals surface area contributed by atoms with Gasteiger partial charge in [-0.25, -0.2) is 0 Å². The summed E-state index contributed by atoms with van der Waals surface area (Å²) in [6.45, 7) is 11.0. The van der Waals surface area contributed by atoms with Crippen molar-refractivity contribution in [1.82, 2.24) is 0 Å². The Kier molecular flexibility index (Phi) is 11.4. The average molecular weight is 971 g/mol. The molecule has 4 heteroatoms. The maximum Gasteiger partial charge on any atom is 0.159 e. The van der Waals surface area contributed by atoms with Crippen LogP contribution in [0.3, 0.4) is 0 Å². The van der Waals surface area contributed by atoms with Crippen LogP contribution in [-0.2, 0) is 6.42 Å². The minimum absolute atomic E-state index is 0.223. The number of aryl methyl sites for hydroxylation is 3. The van der Waals surface area contributed by atoms with Gasteiger partial charge in [0.1, 0.15) is 11.3 Å². The average Bonchev–Trinajstić information content (AvgIpc) is 3.89. The molecule has 1 atom stereocenters. The lowest BCUT2D eigenvalue weighted by molar-refractivity contribution is 0.478. The highest BCUT2D eigenvalue weighted by Gasteiger charge is 2.27. The van der Waals surface area contributed by atoms with Crippen molar-refractivity contribution in [2.45, 2.75) is 53.9 Å². The summed E-state index contributed by atoms with van der Waals surface area (Å²) in [6.07, 6.45) is 7.57. The highest BCUT2D eigenvalue weighted by atomic mass is 16.3. The first-order chi connectivity index (χ1) is 36.8. The molecule has 13 rings (SSSR count). The van der Waals surface area contributed by atoms with Gasteiger partial charge in [-0.15, -0.1) is 0 Å². The van der Waals surface area contributed by atoms with Crippen LogP contribution in [0.25, 0.3) is 82.1 Å². The van der Waals surface area contributed by atoms with E-state index in [1.807, 2.05) is 12.1 Å². The molecule has 0 spiro atoms. The number of aromatic hydroxyl groups is 1. The van der Waals surface area contributed by atoms with E-state index in [9.17, 15) is 5.11 Å². The first-order valence-electron chi connectivity index (χ1n) is 26.6. The molecule has 1 aliphatic rings. The molecule has 0 radical (unpaired) electrons. The summed E-state index contributed by atoms with van der Waals surface area (Å²) >= 11 is 0. The predicted octanol–water partition coefficient (Wildman–Crippen LogP) is 20.4. The lowest BCUT2D eigenvalue weighted by Gasteiger charge is -2.30.